The molecule has 2 unspecified atom stereocenters. The molecule has 0 spiro atoms. The Labute approximate surface area is 151 Å². The number of fused-ring (bicyclic) bond motifs is 2. The maximum Gasteiger partial charge on any atom is 0.410 e. The van der Waals surface area contributed by atoms with Gasteiger partial charge in [0.05, 0.1) is 12.7 Å². The van der Waals surface area contributed by atoms with Crippen molar-refractivity contribution in [3.63, 3.8) is 0 Å². The van der Waals surface area contributed by atoms with E-state index in [1.54, 1.807) is 0 Å². The average Bonchev–Trinajstić information content (AvgIpc) is 2.83. The lowest BCUT2D eigenvalue weighted by atomic mass is 10.00. The molecule has 2 atom stereocenters. The van der Waals surface area contributed by atoms with Crippen molar-refractivity contribution in [3.8, 4) is 0 Å². The zero-order valence-electron chi connectivity index (χ0n) is 16.0. The molecule has 2 aliphatic rings. The van der Waals surface area contributed by atoms with Gasteiger partial charge in [-0.1, -0.05) is 31.2 Å². The van der Waals surface area contributed by atoms with Crippen molar-refractivity contribution in [3.05, 3.63) is 35.4 Å². The minimum absolute atomic E-state index is 0.158. The SMILES string of the molecule is CCc1ccccc1COC1CC2CCC(C1)N2C(=O)OC(C)(C)C. The molecular formula is C21H31NO3. The lowest BCUT2D eigenvalue weighted by Gasteiger charge is -2.39. The van der Waals surface area contributed by atoms with E-state index in [1.807, 2.05) is 25.7 Å². The van der Waals surface area contributed by atoms with Gasteiger partial charge in [0.1, 0.15) is 5.60 Å². The number of rotatable bonds is 4. The third kappa shape index (κ3) is 4.35. The van der Waals surface area contributed by atoms with Crippen LogP contribution in [0.1, 0.15) is 64.5 Å². The minimum Gasteiger partial charge on any atom is -0.444 e. The fourth-order valence-electron chi connectivity index (χ4n) is 4.13. The van der Waals surface area contributed by atoms with E-state index < -0.39 is 5.60 Å². The van der Waals surface area contributed by atoms with Crippen LogP contribution in [0.25, 0.3) is 0 Å². The molecule has 1 aromatic carbocycles. The fraction of sp³-hybridized carbons (Fsp3) is 0.667. The molecule has 1 aromatic rings. The summed E-state index contributed by atoms with van der Waals surface area (Å²) in [5, 5.41) is 0. The molecule has 0 radical (unpaired) electrons. The Bertz CT molecular complexity index is 593. The standard InChI is InChI=1S/C21H31NO3/c1-5-15-8-6-7-9-16(15)14-24-19-12-17-10-11-18(13-19)22(17)20(23)25-21(2,3)4/h6-9,17-19H,5,10-14H2,1-4H3. The van der Waals surface area contributed by atoms with Gasteiger partial charge in [0.2, 0.25) is 0 Å². The highest BCUT2D eigenvalue weighted by Crippen LogP contribution is 2.38. The number of hydrogen-bond donors (Lipinski definition) is 0. The second kappa shape index (κ2) is 7.36. The van der Waals surface area contributed by atoms with Crippen molar-refractivity contribution in [2.75, 3.05) is 0 Å². The first-order valence-corrected chi connectivity index (χ1v) is 9.57. The van der Waals surface area contributed by atoms with E-state index in [0.29, 0.717) is 6.61 Å². The lowest BCUT2D eigenvalue weighted by Crippen LogP contribution is -2.50. The van der Waals surface area contributed by atoms with Crippen molar-refractivity contribution < 1.29 is 14.3 Å². The Hall–Kier alpha value is -1.55. The van der Waals surface area contributed by atoms with Gasteiger partial charge in [0.25, 0.3) is 0 Å². The van der Waals surface area contributed by atoms with Crippen LogP contribution in [0, 0.1) is 0 Å². The van der Waals surface area contributed by atoms with Gasteiger partial charge in [0, 0.05) is 12.1 Å². The normalized spacial score (nSPS) is 25.9. The van der Waals surface area contributed by atoms with E-state index in [0.717, 1.165) is 32.1 Å². The van der Waals surface area contributed by atoms with E-state index in [-0.39, 0.29) is 24.3 Å². The average molecular weight is 345 g/mol. The molecular weight excluding hydrogens is 314 g/mol. The Balaban J connectivity index is 1.58. The van der Waals surface area contributed by atoms with E-state index >= 15 is 0 Å². The number of nitrogens with zero attached hydrogens (tertiary/aromatic N) is 1. The first kappa shape index (κ1) is 18.2. The highest BCUT2D eigenvalue weighted by molar-refractivity contribution is 5.69. The molecule has 0 N–H and O–H groups in total. The van der Waals surface area contributed by atoms with Crippen LogP contribution in [0.2, 0.25) is 0 Å². The number of piperidine rings is 1. The number of carbonyl (C=O) groups is 1. The number of benzene rings is 1. The van der Waals surface area contributed by atoms with Crippen molar-refractivity contribution >= 4 is 6.09 Å². The van der Waals surface area contributed by atoms with Gasteiger partial charge in [-0.15, -0.1) is 0 Å². The van der Waals surface area contributed by atoms with Crippen LogP contribution < -0.4 is 0 Å². The van der Waals surface area contributed by atoms with Crippen LogP contribution in [0.3, 0.4) is 0 Å². The summed E-state index contributed by atoms with van der Waals surface area (Å²) in [5.74, 6) is 0. The zero-order chi connectivity index (χ0) is 18.0. The summed E-state index contributed by atoms with van der Waals surface area (Å²) in [6.45, 7) is 8.62. The van der Waals surface area contributed by atoms with Crippen LogP contribution in [-0.4, -0.2) is 34.8 Å². The smallest absolute Gasteiger partial charge is 0.410 e. The van der Waals surface area contributed by atoms with Gasteiger partial charge in [-0.05, 0) is 64.0 Å². The van der Waals surface area contributed by atoms with Gasteiger partial charge in [-0.25, -0.2) is 4.79 Å². The Morgan fingerprint density at radius 3 is 2.28 bits per heavy atom. The minimum atomic E-state index is -0.437. The number of aryl methyl sites for hydroxylation is 1. The predicted molar refractivity (Wildman–Crippen MR) is 98.5 cm³/mol. The lowest BCUT2D eigenvalue weighted by molar-refractivity contribution is -0.0398. The summed E-state index contributed by atoms with van der Waals surface area (Å²) in [6.07, 6.45) is 5.08. The van der Waals surface area contributed by atoms with E-state index in [9.17, 15) is 4.79 Å². The second-order valence-corrected chi connectivity index (χ2v) is 8.30. The van der Waals surface area contributed by atoms with E-state index in [4.69, 9.17) is 9.47 Å². The molecule has 2 bridgehead atoms. The van der Waals surface area contributed by atoms with Crippen molar-refractivity contribution in [2.24, 2.45) is 0 Å². The van der Waals surface area contributed by atoms with Crippen molar-refractivity contribution in [2.45, 2.75) is 90.2 Å². The molecule has 138 valence electrons. The second-order valence-electron chi connectivity index (χ2n) is 8.30. The molecule has 4 heteroatoms. The fourth-order valence-corrected chi connectivity index (χ4v) is 4.13. The largest absolute Gasteiger partial charge is 0.444 e. The molecule has 25 heavy (non-hydrogen) atoms. The zero-order valence-corrected chi connectivity index (χ0v) is 16.0. The topological polar surface area (TPSA) is 38.8 Å². The Morgan fingerprint density at radius 2 is 1.72 bits per heavy atom. The molecule has 2 aliphatic heterocycles. The monoisotopic (exact) mass is 345 g/mol. The Kier molecular flexibility index (Phi) is 5.38. The summed E-state index contributed by atoms with van der Waals surface area (Å²) in [5.41, 5.74) is 2.21. The van der Waals surface area contributed by atoms with E-state index in [1.165, 1.54) is 11.1 Å². The number of carbonyl (C=O) groups excluding carboxylic acids is 1. The van der Waals surface area contributed by atoms with Gasteiger partial charge >= 0.3 is 6.09 Å². The van der Waals surface area contributed by atoms with Gasteiger partial charge in [0.15, 0.2) is 0 Å². The number of amides is 1. The summed E-state index contributed by atoms with van der Waals surface area (Å²) in [4.78, 5) is 14.5. The van der Waals surface area contributed by atoms with Gasteiger partial charge in [-0.3, -0.25) is 0 Å². The predicted octanol–water partition coefficient (Wildman–Crippen LogP) is 4.70. The maximum atomic E-state index is 12.5. The van der Waals surface area contributed by atoms with Crippen molar-refractivity contribution in [1.29, 1.82) is 0 Å². The van der Waals surface area contributed by atoms with Crippen LogP contribution >= 0.6 is 0 Å². The molecule has 2 heterocycles. The summed E-state index contributed by atoms with van der Waals surface area (Å²) >= 11 is 0. The number of ether oxygens (including phenoxy) is 2. The van der Waals surface area contributed by atoms with Gasteiger partial charge in [-0.2, -0.15) is 0 Å². The third-order valence-corrected chi connectivity index (χ3v) is 5.27. The van der Waals surface area contributed by atoms with Crippen LogP contribution in [0.4, 0.5) is 4.79 Å². The Morgan fingerprint density at radius 1 is 1.12 bits per heavy atom. The first-order valence-electron chi connectivity index (χ1n) is 9.57. The summed E-state index contributed by atoms with van der Waals surface area (Å²) in [6, 6.07) is 9.02. The molecule has 0 aromatic heterocycles. The summed E-state index contributed by atoms with van der Waals surface area (Å²) in [7, 11) is 0. The molecule has 2 saturated heterocycles. The van der Waals surface area contributed by atoms with Crippen molar-refractivity contribution in [1.82, 2.24) is 4.90 Å². The molecule has 4 nitrogen and oxygen atoms in total. The maximum absolute atomic E-state index is 12.5. The molecule has 3 rings (SSSR count). The quantitative estimate of drug-likeness (QED) is 0.794. The van der Waals surface area contributed by atoms with Crippen LogP contribution in [0.5, 0.6) is 0 Å². The molecule has 1 amide bonds. The number of hydrogen-bond acceptors (Lipinski definition) is 3. The molecule has 0 saturated carbocycles. The first-order chi connectivity index (χ1) is 11.9. The highest BCUT2D eigenvalue weighted by Gasteiger charge is 2.45. The van der Waals surface area contributed by atoms with Crippen LogP contribution in [0.15, 0.2) is 24.3 Å². The van der Waals surface area contributed by atoms with Crippen LogP contribution in [-0.2, 0) is 22.5 Å². The molecule has 2 fully saturated rings. The highest BCUT2D eigenvalue weighted by atomic mass is 16.6. The summed E-state index contributed by atoms with van der Waals surface area (Å²) < 4.78 is 11.8. The molecule has 0 aliphatic carbocycles. The third-order valence-electron chi connectivity index (χ3n) is 5.27. The van der Waals surface area contributed by atoms with Gasteiger partial charge < -0.3 is 14.4 Å². The van der Waals surface area contributed by atoms with E-state index in [2.05, 4.69) is 31.2 Å².